The number of alkyl halides is 4. The largest absolute Gasteiger partial charge is 0.435 e. The number of nitrogens with zero attached hydrogens (tertiary/aromatic N) is 2. The summed E-state index contributed by atoms with van der Waals surface area (Å²) in [6.45, 7) is -6.29. The molecule has 0 saturated carbocycles. The normalized spacial score (nSPS) is 11.1. The van der Waals surface area contributed by atoms with E-state index in [0.717, 1.165) is 18.2 Å². The van der Waals surface area contributed by atoms with Crippen molar-refractivity contribution in [3.8, 4) is 11.5 Å². The summed E-state index contributed by atoms with van der Waals surface area (Å²) in [4.78, 5) is 18.0. The summed E-state index contributed by atoms with van der Waals surface area (Å²) in [7, 11) is 3.51. The molecular formula is C18H17F4N3O3. The minimum absolute atomic E-state index is 0.0797. The Hall–Kier alpha value is -3.30. The van der Waals surface area contributed by atoms with Gasteiger partial charge in [0.2, 0.25) is 5.91 Å². The van der Waals surface area contributed by atoms with Crippen molar-refractivity contribution in [1.29, 1.82) is 0 Å². The Kier molecular flexibility index (Phi) is 7.19. The van der Waals surface area contributed by atoms with Crippen LogP contribution < -0.4 is 19.7 Å². The van der Waals surface area contributed by atoms with E-state index in [1.165, 1.54) is 12.1 Å². The monoisotopic (exact) mass is 399 g/mol. The second-order valence-corrected chi connectivity index (χ2v) is 5.55. The highest BCUT2D eigenvalue weighted by Gasteiger charge is 2.13. The average molecular weight is 399 g/mol. The summed E-state index contributed by atoms with van der Waals surface area (Å²) in [6.07, 6.45) is 3.87. The highest BCUT2D eigenvalue weighted by Crippen LogP contribution is 2.28. The first kappa shape index (κ1) is 21.0. The molecule has 0 radical (unpaired) electrons. The molecule has 0 aliphatic carbocycles. The van der Waals surface area contributed by atoms with Crippen LogP contribution in [0.4, 0.5) is 29.1 Å². The Morgan fingerprint density at radius 2 is 1.86 bits per heavy atom. The number of benzene rings is 1. The average Bonchev–Trinajstić information content (AvgIpc) is 2.60. The molecule has 28 heavy (non-hydrogen) atoms. The first-order valence-corrected chi connectivity index (χ1v) is 7.91. The number of hydrogen-bond acceptors (Lipinski definition) is 5. The van der Waals surface area contributed by atoms with E-state index in [4.69, 9.17) is 0 Å². The highest BCUT2D eigenvalue weighted by atomic mass is 19.3. The zero-order valence-electron chi connectivity index (χ0n) is 14.9. The lowest BCUT2D eigenvalue weighted by Crippen LogP contribution is -2.16. The quantitative estimate of drug-likeness (QED) is 0.537. The summed E-state index contributed by atoms with van der Waals surface area (Å²) in [5, 5.41) is 2.62. The lowest BCUT2D eigenvalue weighted by atomic mass is 10.1. The van der Waals surface area contributed by atoms with Gasteiger partial charge in [0, 0.05) is 38.0 Å². The minimum atomic E-state index is -3.18. The molecule has 10 heteroatoms. The van der Waals surface area contributed by atoms with Crippen molar-refractivity contribution in [3.05, 3.63) is 48.2 Å². The fourth-order valence-electron chi connectivity index (χ4n) is 2.22. The third kappa shape index (κ3) is 6.15. The number of hydrogen-bond donors (Lipinski definition) is 1. The fraction of sp³-hybridized carbons (Fsp3) is 0.222. The molecule has 150 valence electrons. The molecule has 0 aliphatic heterocycles. The van der Waals surface area contributed by atoms with Crippen LogP contribution in [0.15, 0.2) is 42.6 Å². The second kappa shape index (κ2) is 9.58. The van der Waals surface area contributed by atoms with Gasteiger partial charge in [-0.25, -0.2) is 4.98 Å². The van der Waals surface area contributed by atoms with E-state index in [0.29, 0.717) is 11.5 Å². The Bertz CT molecular complexity index is 845. The summed E-state index contributed by atoms with van der Waals surface area (Å²) < 4.78 is 58.2. The number of nitrogens with one attached hydrogen (secondary N) is 1. The van der Waals surface area contributed by atoms with E-state index in [1.807, 2.05) is 0 Å². The van der Waals surface area contributed by atoms with Crippen molar-refractivity contribution in [2.45, 2.75) is 13.2 Å². The number of carbonyl (C=O) groups is 1. The number of amides is 1. The number of ether oxygens (including phenoxy) is 2. The zero-order valence-corrected chi connectivity index (χ0v) is 14.9. The molecule has 0 spiro atoms. The van der Waals surface area contributed by atoms with Crippen molar-refractivity contribution in [1.82, 2.24) is 4.98 Å². The van der Waals surface area contributed by atoms with E-state index in [9.17, 15) is 22.4 Å². The molecule has 1 N–H and O–H groups in total. The first-order valence-electron chi connectivity index (χ1n) is 7.91. The van der Waals surface area contributed by atoms with E-state index >= 15 is 0 Å². The lowest BCUT2D eigenvalue weighted by Gasteiger charge is -2.15. The van der Waals surface area contributed by atoms with Crippen molar-refractivity contribution in [2.75, 3.05) is 24.3 Å². The zero-order chi connectivity index (χ0) is 20.7. The molecule has 1 amide bonds. The SMILES string of the molecule is CN(C)c1ncccc1NC(=O)/C=C/c1ccc(OC(F)F)cc1OC(F)F. The number of pyridine rings is 1. The number of anilines is 2. The molecule has 1 aromatic carbocycles. The third-order valence-corrected chi connectivity index (χ3v) is 3.31. The number of carbonyl (C=O) groups excluding carboxylic acids is 1. The van der Waals surface area contributed by atoms with Crippen molar-refractivity contribution in [3.63, 3.8) is 0 Å². The summed E-state index contributed by atoms with van der Waals surface area (Å²) in [6, 6.07) is 6.54. The number of aromatic nitrogens is 1. The van der Waals surface area contributed by atoms with Crippen LogP contribution in [-0.2, 0) is 4.79 Å². The highest BCUT2D eigenvalue weighted by molar-refractivity contribution is 6.03. The summed E-state index contributed by atoms with van der Waals surface area (Å²) in [5.74, 6) is -0.780. The Morgan fingerprint density at radius 3 is 2.50 bits per heavy atom. The smallest absolute Gasteiger partial charge is 0.387 e. The van der Waals surface area contributed by atoms with Crippen LogP contribution in [0, 0.1) is 0 Å². The summed E-state index contributed by atoms with van der Waals surface area (Å²) >= 11 is 0. The molecule has 0 bridgehead atoms. The van der Waals surface area contributed by atoms with Gasteiger partial charge in [-0.2, -0.15) is 17.6 Å². The van der Waals surface area contributed by atoms with Crippen LogP contribution in [0.3, 0.4) is 0 Å². The molecule has 1 heterocycles. The Morgan fingerprint density at radius 1 is 1.14 bits per heavy atom. The number of rotatable bonds is 8. The van der Waals surface area contributed by atoms with E-state index < -0.39 is 24.9 Å². The van der Waals surface area contributed by atoms with Crippen LogP contribution in [0.1, 0.15) is 5.56 Å². The van der Waals surface area contributed by atoms with Gasteiger partial charge in [0.05, 0.1) is 5.69 Å². The third-order valence-electron chi connectivity index (χ3n) is 3.31. The fourth-order valence-corrected chi connectivity index (χ4v) is 2.22. The van der Waals surface area contributed by atoms with Gasteiger partial charge >= 0.3 is 13.2 Å². The number of halogens is 4. The van der Waals surface area contributed by atoms with Crippen LogP contribution in [0.2, 0.25) is 0 Å². The van der Waals surface area contributed by atoms with Crippen LogP contribution in [0.5, 0.6) is 11.5 Å². The molecule has 0 fully saturated rings. The van der Waals surface area contributed by atoms with Gasteiger partial charge in [0.15, 0.2) is 5.82 Å². The van der Waals surface area contributed by atoms with Crippen LogP contribution in [0.25, 0.3) is 6.08 Å². The van der Waals surface area contributed by atoms with E-state index in [2.05, 4.69) is 19.8 Å². The van der Waals surface area contributed by atoms with Crippen molar-refractivity contribution < 1.29 is 31.8 Å². The standard InChI is InChI=1S/C18H17F4N3O3/c1-25(2)16-13(4-3-9-23-16)24-15(26)8-6-11-5-7-12(27-17(19)20)10-14(11)28-18(21)22/h3-10,17-18H,1-2H3,(H,24,26)/b8-6+. The predicted octanol–water partition coefficient (Wildman–Crippen LogP) is 4.00. The molecule has 2 aromatic rings. The van der Waals surface area contributed by atoms with Crippen LogP contribution >= 0.6 is 0 Å². The van der Waals surface area contributed by atoms with E-state index in [1.54, 1.807) is 37.3 Å². The maximum atomic E-state index is 12.6. The van der Waals surface area contributed by atoms with Crippen molar-refractivity contribution >= 4 is 23.5 Å². The van der Waals surface area contributed by atoms with Gasteiger partial charge in [-0.1, -0.05) is 0 Å². The molecule has 0 aliphatic rings. The van der Waals surface area contributed by atoms with Gasteiger partial charge in [0.1, 0.15) is 11.5 Å². The molecule has 0 saturated heterocycles. The molecule has 0 atom stereocenters. The van der Waals surface area contributed by atoms with Gasteiger partial charge in [-0.05, 0) is 30.3 Å². The Labute approximate surface area is 158 Å². The second-order valence-electron chi connectivity index (χ2n) is 5.55. The summed E-state index contributed by atoms with van der Waals surface area (Å²) in [5.41, 5.74) is 0.531. The molecule has 2 rings (SSSR count). The minimum Gasteiger partial charge on any atom is -0.435 e. The molecule has 6 nitrogen and oxygen atoms in total. The van der Waals surface area contributed by atoms with E-state index in [-0.39, 0.29) is 11.3 Å². The maximum absolute atomic E-state index is 12.6. The lowest BCUT2D eigenvalue weighted by molar-refractivity contribution is -0.111. The molecule has 1 aromatic heterocycles. The van der Waals surface area contributed by atoms with Gasteiger partial charge < -0.3 is 19.7 Å². The first-order chi connectivity index (χ1) is 13.3. The van der Waals surface area contributed by atoms with Crippen LogP contribution in [-0.4, -0.2) is 38.2 Å². The van der Waals surface area contributed by atoms with Gasteiger partial charge in [0.25, 0.3) is 0 Å². The topological polar surface area (TPSA) is 63.7 Å². The molecular weight excluding hydrogens is 382 g/mol. The Balaban J connectivity index is 2.19. The van der Waals surface area contributed by atoms with Gasteiger partial charge in [-0.15, -0.1) is 0 Å². The molecule has 0 unspecified atom stereocenters. The predicted molar refractivity (Wildman–Crippen MR) is 95.9 cm³/mol. The van der Waals surface area contributed by atoms with Gasteiger partial charge in [-0.3, -0.25) is 4.79 Å². The maximum Gasteiger partial charge on any atom is 0.387 e. The van der Waals surface area contributed by atoms with Crippen molar-refractivity contribution in [2.24, 2.45) is 0 Å².